The first-order valence-corrected chi connectivity index (χ1v) is 14.1. The molecule has 2 aliphatic rings. The molecule has 2 aliphatic heterocycles. The van der Waals surface area contributed by atoms with Gasteiger partial charge in [-0.1, -0.05) is 26.0 Å². The number of anilines is 1. The molecule has 1 amide bonds. The van der Waals surface area contributed by atoms with Crippen molar-refractivity contribution in [1.82, 2.24) is 9.21 Å². The van der Waals surface area contributed by atoms with Crippen molar-refractivity contribution in [3.63, 3.8) is 0 Å². The number of rotatable bonds is 7. The lowest BCUT2D eigenvalue weighted by atomic mass is 10.0. The van der Waals surface area contributed by atoms with E-state index in [4.69, 9.17) is 4.74 Å². The predicted octanol–water partition coefficient (Wildman–Crippen LogP) is 3.92. The SMILES string of the molecule is CCN(CC)S(=O)(=O)c1ccc2c(c1)CCCN2C(=O)c1ccc(CN2CC(C)OC(C)C2)cc1. The van der Waals surface area contributed by atoms with Crippen LogP contribution in [0.4, 0.5) is 5.69 Å². The van der Waals surface area contributed by atoms with Gasteiger partial charge in [-0.2, -0.15) is 4.31 Å². The third-order valence-corrected chi connectivity index (χ3v) is 8.91. The summed E-state index contributed by atoms with van der Waals surface area (Å²) in [5.41, 5.74) is 3.53. The van der Waals surface area contributed by atoms with Gasteiger partial charge >= 0.3 is 0 Å². The van der Waals surface area contributed by atoms with Gasteiger partial charge in [0.1, 0.15) is 0 Å². The van der Waals surface area contributed by atoms with Gasteiger partial charge in [-0.3, -0.25) is 9.69 Å². The van der Waals surface area contributed by atoms with Crippen LogP contribution in [0.5, 0.6) is 0 Å². The van der Waals surface area contributed by atoms with Gasteiger partial charge in [-0.25, -0.2) is 8.42 Å². The smallest absolute Gasteiger partial charge is 0.258 e. The van der Waals surface area contributed by atoms with Crippen LogP contribution in [0.3, 0.4) is 0 Å². The topological polar surface area (TPSA) is 70.2 Å². The van der Waals surface area contributed by atoms with Crippen LogP contribution in [0.1, 0.15) is 55.6 Å². The second-order valence-electron chi connectivity index (χ2n) is 9.59. The van der Waals surface area contributed by atoms with Crippen LogP contribution in [-0.2, 0) is 27.7 Å². The van der Waals surface area contributed by atoms with E-state index in [1.165, 1.54) is 9.87 Å². The third-order valence-electron chi connectivity index (χ3n) is 6.86. The van der Waals surface area contributed by atoms with Crippen LogP contribution >= 0.6 is 0 Å². The predicted molar refractivity (Wildman–Crippen MR) is 138 cm³/mol. The molecule has 0 aliphatic carbocycles. The van der Waals surface area contributed by atoms with Crippen LogP contribution in [0.2, 0.25) is 0 Å². The lowest BCUT2D eigenvalue weighted by Gasteiger charge is -2.35. The fourth-order valence-electron chi connectivity index (χ4n) is 5.24. The highest BCUT2D eigenvalue weighted by atomic mass is 32.2. The molecule has 8 heteroatoms. The Labute approximate surface area is 209 Å². The molecule has 0 saturated carbocycles. The summed E-state index contributed by atoms with van der Waals surface area (Å²) in [5.74, 6) is -0.0505. The number of amides is 1. The Kier molecular flexibility index (Phi) is 7.96. The standard InChI is InChI=1S/C27H37N3O4S/c1-5-29(6-2)35(32,33)25-13-14-26-24(16-25)8-7-15-30(26)27(31)23-11-9-22(10-12-23)19-28-17-20(3)34-21(4)18-28/h9-14,16,20-21H,5-8,15,17-19H2,1-4H3. The Morgan fingerprint density at radius 2 is 1.69 bits per heavy atom. The monoisotopic (exact) mass is 499 g/mol. The fourth-order valence-corrected chi connectivity index (χ4v) is 6.75. The Morgan fingerprint density at radius 1 is 1.03 bits per heavy atom. The molecule has 0 aromatic heterocycles. The van der Waals surface area contributed by atoms with E-state index in [1.807, 2.05) is 38.1 Å². The number of sulfonamides is 1. The Balaban J connectivity index is 1.50. The lowest BCUT2D eigenvalue weighted by Crippen LogP contribution is -2.44. The summed E-state index contributed by atoms with van der Waals surface area (Å²) in [5, 5.41) is 0. The minimum absolute atomic E-state index is 0.0505. The van der Waals surface area contributed by atoms with Crippen molar-refractivity contribution in [2.45, 2.75) is 64.2 Å². The molecule has 2 heterocycles. The Morgan fingerprint density at radius 3 is 2.31 bits per heavy atom. The van der Waals surface area contributed by atoms with E-state index in [0.717, 1.165) is 43.7 Å². The number of hydrogen-bond donors (Lipinski definition) is 0. The van der Waals surface area contributed by atoms with E-state index in [1.54, 1.807) is 23.1 Å². The van der Waals surface area contributed by atoms with Crippen molar-refractivity contribution in [3.05, 3.63) is 59.2 Å². The molecular weight excluding hydrogens is 462 g/mol. The first-order valence-electron chi connectivity index (χ1n) is 12.6. The van der Waals surface area contributed by atoms with Gasteiger partial charge in [0, 0.05) is 50.5 Å². The molecule has 0 bridgehead atoms. The number of aryl methyl sites for hydroxylation is 1. The van der Waals surface area contributed by atoms with E-state index in [2.05, 4.69) is 18.7 Å². The molecule has 190 valence electrons. The lowest BCUT2D eigenvalue weighted by molar-refractivity contribution is -0.0704. The Hall–Kier alpha value is -2.26. The number of morpholine rings is 1. The number of fused-ring (bicyclic) bond motifs is 1. The van der Waals surface area contributed by atoms with Crippen LogP contribution in [0.15, 0.2) is 47.4 Å². The third kappa shape index (κ3) is 5.61. The molecule has 1 saturated heterocycles. The van der Waals surface area contributed by atoms with Gasteiger partial charge in [-0.05, 0) is 68.1 Å². The highest BCUT2D eigenvalue weighted by Gasteiger charge is 2.28. The normalized spacial score (nSPS) is 21.2. The largest absolute Gasteiger partial charge is 0.373 e. The molecule has 4 rings (SSSR count). The van der Waals surface area contributed by atoms with Crippen molar-refractivity contribution in [3.8, 4) is 0 Å². The number of ether oxygens (including phenoxy) is 1. The van der Waals surface area contributed by atoms with Gasteiger partial charge in [0.25, 0.3) is 5.91 Å². The molecule has 2 aromatic carbocycles. The second-order valence-corrected chi connectivity index (χ2v) is 11.5. The van der Waals surface area contributed by atoms with Crippen molar-refractivity contribution >= 4 is 21.6 Å². The van der Waals surface area contributed by atoms with E-state index in [-0.39, 0.29) is 18.1 Å². The number of carbonyl (C=O) groups is 1. The van der Waals surface area contributed by atoms with Crippen LogP contribution in [0.25, 0.3) is 0 Å². The summed E-state index contributed by atoms with van der Waals surface area (Å²) in [4.78, 5) is 17.9. The number of nitrogens with zero attached hydrogens (tertiary/aromatic N) is 3. The molecule has 35 heavy (non-hydrogen) atoms. The minimum atomic E-state index is -3.53. The Bertz CT molecular complexity index is 1140. The van der Waals surface area contributed by atoms with Crippen LogP contribution in [-0.4, -0.2) is 68.5 Å². The summed E-state index contributed by atoms with van der Waals surface area (Å²) in [6.45, 7) is 12.0. The molecule has 1 fully saturated rings. The minimum Gasteiger partial charge on any atom is -0.373 e. The highest BCUT2D eigenvalue weighted by Crippen LogP contribution is 2.31. The quantitative estimate of drug-likeness (QED) is 0.578. The zero-order valence-corrected chi connectivity index (χ0v) is 22.1. The zero-order chi connectivity index (χ0) is 25.2. The van der Waals surface area contributed by atoms with Gasteiger partial charge in [0.05, 0.1) is 17.1 Å². The maximum Gasteiger partial charge on any atom is 0.258 e. The van der Waals surface area contributed by atoms with E-state index in [9.17, 15) is 13.2 Å². The van der Waals surface area contributed by atoms with E-state index >= 15 is 0 Å². The number of hydrogen-bond acceptors (Lipinski definition) is 5. The molecular formula is C27H37N3O4S. The molecule has 2 atom stereocenters. The fraction of sp³-hybridized carbons (Fsp3) is 0.519. The molecule has 0 radical (unpaired) electrons. The molecule has 7 nitrogen and oxygen atoms in total. The molecule has 0 spiro atoms. The first-order chi connectivity index (χ1) is 16.7. The van der Waals surface area contributed by atoms with Crippen LogP contribution in [0, 0.1) is 0 Å². The first kappa shape index (κ1) is 25.8. The maximum absolute atomic E-state index is 13.4. The van der Waals surface area contributed by atoms with E-state index in [0.29, 0.717) is 30.1 Å². The second kappa shape index (κ2) is 10.8. The number of carbonyl (C=O) groups excluding carboxylic acids is 1. The average Bonchev–Trinajstić information content (AvgIpc) is 2.83. The maximum atomic E-state index is 13.4. The van der Waals surface area contributed by atoms with Crippen molar-refractivity contribution in [2.75, 3.05) is 37.6 Å². The summed E-state index contributed by atoms with van der Waals surface area (Å²) in [6, 6.07) is 13.0. The van der Waals surface area contributed by atoms with Crippen molar-refractivity contribution < 1.29 is 17.9 Å². The van der Waals surface area contributed by atoms with E-state index < -0.39 is 10.0 Å². The highest BCUT2D eigenvalue weighted by molar-refractivity contribution is 7.89. The molecule has 0 N–H and O–H groups in total. The summed E-state index contributed by atoms with van der Waals surface area (Å²) < 4.78 is 33.2. The molecule has 2 aromatic rings. The zero-order valence-electron chi connectivity index (χ0n) is 21.2. The summed E-state index contributed by atoms with van der Waals surface area (Å²) in [6.07, 6.45) is 2.01. The van der Waals surface area contributed by atoms with Gasteiger partial charge in [0.2, 0.25) is 10.0 Å². The van der Waals surface area contributed by atoms with Crippen molar-refractivity contribution in [2.24, 2.45) is 0 Å². The summed E-state index contributed by atoms with van der Waals surface area (Å²) >= 11 is 0. The van der Waals surface area contributed by atoms with Gasteiger partial charge in [0.15, 0.2) is 0 Å². The summed E-state index contributed by atoms with van der Waals surface area (Å²) in [7, 11) is -3.53. The average molecular weight is 500 g/mol. The van der Waals surface area contributed by atoms with Gasteiger partial charge < -0.3 is 9.64 Å². The van der Waals surface area contributed by atoms with Crippen LogP contribution < -0.4 is 4.90 Å². The van der Waals surface area contributed by atoms with Gasteiger partial charge in [-0.15, -0.1) is 0 Å². The number of benzene rings is 2. The molecule has 2 unspecified atom stereocenters. The van der Waals surface area contributed by atoms with Crippen molar-refractivity contribution in [1.29, 1.82) is 0 Å².